The number of nitrogens with zero attached hydrogens (tertiary/aromatic N) is 4. The second kappa shape index (κ2) is 10.0. The molecule has 1 aliphatic heterocycles. The van der Waals surface area contributed by atoms with E-state index < -0.39 is 5.97 Å². The van der Waals surface area contributed by atoms with Crippen molar-refractivity contribution in [3.8, 4) is 0 Å². The van der Waals surface area contributed by atoms with Gasteiger partial charge in [-0.2, -0.15) is 4.98 Å². The number of rotatable bonds is 5. The van der Waals surface area contributed by atoms with E-state index in [1.807, 2.05) is 25.7 Å². The molecule has 0 unspecified atom stereocenters. The summed E-state index contributed by atoms with van der Waals surface area (Å²) in [5.41, 5.74) is -0.00396. The van der Waals surface area contributed by atoms with Crippen LogP contribution in [0.1, 0.15) is 27.7 Å². The molecular weight excluding hydrogens is 380 g/mol. The van der Waals surface area contributed by atoms with Crippen molar-refractivity contribution in [2.75, 3.05) is 37.7 Å². The van der Waals surface area contributed by atoms with E-state index in [2.05, 4.69) is 25.0 Å². The van der Waals surface area contributed by atoms with Crippen molar-refractivity contribution >= 4 is 29.6 Å². The highest BCUT2D eigenvalue weighted by Crippen LogP contribution is 2.11. The Labute approximate surface area is 168 Å². The lowest BCUT2D eigenvalue weighted by Crippen LogP contribution is -2.44. The van der Waals surface area contributed by atoms with Crippen molar-refractivity contribution in [1.29, 1.82) is 0 Å². The molecule has 0 bridgehead atoms. The van der Waals surface area contributed by atoms with Gasteiger partial charge in [-0.15, -0.1) is 0 Å². The second-order valence-corrected chi connectivity index (χ2v) is 7.30. The fourth-order valence-corrected chi connectivity index (χ4v) is 2.61. The van der Waals surface area contributed by atoms with E-state index >= 15 is 0 Å². The third kappa shape index (κ3) is 6.56. The Bertz CT molecular complexity index is 879. The number of carbonyl (C=O) groups is 2. The molecule has 3 rings (SSSR count). The lowest BCUT2D eigenvalue weighted by Gasteiger charge is -2.27. The highest BCUT2D eigenvalue weighted by Gasteiger charge is 2.17. The molecule has 2 aromatic rings. The smallest absolute Gasteiger partial charge is 0.326 e. The molecule has 0 spiro atoms. The first-order valence-electron chi connectivity index (χ1n) is 9.43. The van der Waals surface area contributed by atoms with E-state index in [1.54, 1.807) is 6.92 Å². The van der Waals surface area contributed by atoms with Gasteiger partial charge < -0.3 is 24.3 Å². The first-order valence-corrected chi connectivity index (χ1v) is 9.43. The van der Waals surface area contributed by atoms with E-state index in [0.717, 1.165) is 26.2 Å². The number of anilines is 1. The number of esters is 1. The molecule has 1 saturated heterocycles. The molecule has 0 atom stereocenters. The SMILES string of the molecule is CC(C)(C)OC=O.CCOC(=O)Cn1cnc2nc(N3CCNCC3)[nH]c(=O)c21. The molecule has 160 valence electrons. The molecule has 0 amide bonds. The van der Waals surface area contributed by atoms with Crippen LogP contribution in [0.4, 0.5) is 5.95 Å². The third-order valence-corrected chi connectivity index (χ3v) is 3.89. The molecule has 2 N–H and O–H groups in total. The van der Waals surface area contributed by atoms with Crippen LogP contribution >= 0.6 is 0 Å². The third-order valence-electron chi connectivity index (χ3n) is 3.89. The summed E-state index contributed by atoms with van der Waals surface area (Å²) in [5.74, 6) is 0.104. The quantitative estimate of drug-likeness (QED) is 0.520. The van der Waals surface area contributed by atoms with Crippen LogP contribution in [0.15, 0.2) is 11.1 Å². The van der Waals surface area contributed by atoms with Crippen LogP contribution in [0.2, 0.25) is 0 Å². The predicted octanol–water partition coefficient (Wildman–Crippen LogP) is 0.0502. The van der Waals surface area contributed by atoms with Crippen LogP contribution in [0.3, 0.4) is 0 Å². The van der Waals surface area contributed by atoms with Crippen molar-refractivity contribution in [1.82, 2.24) is 24.8 Å². The zero-order valence-corrected chi connectivity index (χ0v) is 17.2. The number of piperazine rings is 1. The van der Waals surface area contributed by atoms with Crippen LogP contribution < -0.4 is 15.8 Å². The van der Waals surface area contributed by atoms with Gasteiger partial charge in [0.15, 0.2) is 11.2 Å². The van der Waals surface area contributed by atoms with Crippen molar-refractivity contribution in [2.24, 2.45) is 0 Å². The van der Waals surface area contributed by atoms with Crippen LogP contribution in [0.25, 0.3) is 11.2 Å². The van der Waals surface area contributed by atoms with Crippen molar-refractivity contribution in [2.45, 2.75) is 39.8 Å². The molecule has 2 aromatic heterocycles. The van der Waals surface area contributed by atoms with E-state index in [4.69, 9.17) is 4.74 Å². The predicted molar refractivity (Wildman–Crippen MR) is 107 cm³/mol. The van der Waals surface area contributed by atoms with Gasteiger partial charge in [-0.3, -0.25) is 19.4 Å². The molecule has 0 aliphatic carbocycles. The van der Waals surface area contributed by atoms with Gasteiger partial charge >= 0.3 is 5.97 Å². The Kier molecular flexibility index (Phi) is 7.71. The monoisotopic (exact) mass is 408 g/mol. The fourth-order valence-electron chi connectivity index (χ4n) is 2.61. The van der Waals surface area contributed by atoms with Gasteiger partial charge in [0.25, 0.3) is 12.0 Å². The number of hydrogen-bond donors (Lipinski definition) is 2. The lowest BCUT2D eigenvalue weighted by molar-refractivity contribution is -0.143. The minimum Gasteiger partial charge on any atom is -0.465 e. The maximum Gasteiger partial charge on any atom is 0.326 e. The summed E-state index contributed by atoms with van der Waals surface area (Å²) in [5, 5.41) is 3.24. The highest BCUT2D eigenvalue weighted by atomic mass is 16.5. The largest absolute Gasteiger partial charge is 0.465 e. The van der Waals surface area contributed by atoms with E-state index in [1.165, 1.54) is 10.9 Å². The summed E-state index contributed by atoms with van der Waals surface area (Å²) in [6, 6.07) is 0. The maximum absolute atomic E-state index is 12.3. The Morgan fingerprint density at radius 2 is 2.00 bits per heavy atom. The van der Waals surface area contributed by atoms with Gasteiger partial charge in [0.1, 0.15) is 12.1 Å². The minimum absolute atomic E-state index is 0.0535. The summed E-state index contributed by atoms with van der Waals surface area (Å²) in [6.45, 7) is 11.1. The molecule has 1 fully saturated rings. The number of H-pyrrole nitrogens is 1. The summed E-state index contributed by atoms with van der Waals surface area (Å²) < 4.78 is 10.9. The van der Waals surface area contributed by atoms with Crippen LogP contribution in [-0.2, 0) is 25.6 Å². The Balaban J connectivity index is 0.000000370. The molecule has 1 aliphatic rings. The number of ether oxygens (including phenoxy) is 2. The molecule has 0 saturated carbocycles. The molecule has 11 heteroatoms. The normalized spacial score (nSPS) is 14.1. The lowest BCUT2D eigenvalue weighted by atomic mass is 10.2. The maximum atomic E-state index is 12.3. The van der Waals surface area contributed by atoms with Crippen LogP contribution in [-0.4, -0.2) is 70.3 Å². The number of aromatic nitrogens is 4. The van der Waals surface area contributed by atoms with E-state index in [0.29, 0.717) is 24.7 Å². The zero-order valence-electron chi connectivity index (χ0n) is 17.2. The van der Waals surface area contributed by atoms with Crippen molar-refractivity contribution in [3.63, 3.8) is 0 Å². The van der Waals surface area contributed by atoms with Crippen molar-refractivity contribution in [3.05, 3.63) is 16.7 Å². The minimum atomic E-state index is -0.410. The van der Waals surface area contributed by atoms with Gasteiger partial charge in [-0.05, 0) is 27.7 Å². The first kappa shape index (κ1) is 22.3. The molecule has 29 heavy (non-hydrogen) atoms. The highest BCUT2D eigenvalue weighted by molar-refractivity contribution is 5.75. The zero-order chi connectivity index (χ0) is 21.4. The molecule has 3 heterocycles. The van der Waals surface area contributed by atoms with Crippen molar-refractivity contribution < 1.29 is 19.1 Å². The van der Waals surface area contributed by atoms with Gasteiger partial charge in [-0.25, -0.2) is 4.98 Å². The Morgan fingerprint density at radius 3 is 2.55 bits per heavy atom. The van der Waals surface area contributed by atoms with Crippen LogP contribution in [0, 0.1) is 0 Å². The molecular formula is C18H28N6O5. The van der Waals surface area contributed by atoms with Gasteiger partial charge in [0.2, 0.25) is 5.95 Å². The number of carbonyl (C=O) groups excluding carboxylic acids is 2. The first-order chi connectivity index (χ1) is 13.7. The average molecular weight is 408 g/mol. The number of aromatic amines is 1. The summed E-state index contributed by atoms with van der Waals surface area (Å²) in [4.78, 5) is 46.8. The standard InChI is InChI=1S/C13H18N6O3.C5H10O2/c1-2-22-9(20)7-19-8-15-11-10(19)12(21)17-13(16-11)18-5-3-14-4-6-18;1-5(2,3)7-4-6/h8,14H,2-7H2,1H3,(H,16,17,21);4H,1-3H3. The summed E-state index contributed by atoms with van der Waals surface area (Å²) in [6.07, 6.45) is 1.44. The molecule has 0 aromatic carbocycles. The number of fused-ring (bicyclic) bond motifs is 1. The topological polar surface area (TPSA) is 131 Å². The van der Waals surface area contributed by atoms with Gasteiger partial charge in [-0.1, -0.05) is 0 Å². The summed E-state index contributed by atoms with van der Waals surface area (Å²) in [7, 11) is 0. The number of nitrogens with one attached hydrogen (secondary N) is 2. The second-order valence-electron chi connectivity index (χ2n) is 7.30. The van der Waals surface area contributed by atoms with E-state index in [-0.39, 0.29) is 23.2 Å². The Morgan fingerprint density at radius 1 is 1.31 bits per heavy atom. The summed E-state index contributed by atoms with van der Waals surface area (Å²) >= 11 is 0. The van der Waals surface area contributed by atoms with Gasteiger partial charge in [0.05, 0.1) is 12.9 Å². The Hall–Kier alpha value is -2.95. The molecule has 11 nitrogen and oxygen atoms in total. The molecule has 0 radical (unpaired) electrons. The number of imidazole rings is 1. The average Bonchev–Trinajstić information content (AvgIpc) is 3.05. The van der Waals surface area contributed by atoms with E-state index in [9.17, 15) is 14.4 Å². The number of hydrogen-bond acceptors (Lipinski definition) is 9. The van der Waals surface area contributed by atoms with Gasteiger partial charge in [0, 0.05) is 26.2 Å². The fraction of sp³-hybridized carbons (Fsp3) is 0.611. The van der Waals surface area contributed by atoms with Crippen LogP contribution in [0.5, 0.6) is 0 Å².